The fourth-order valence-electron chi connectivity index (χ4n) is 8.07. The predicted molar refractivity (Wildman–Crippen MR) is 95.6 cm³/mol. The third-order valence-corrected chi connectivity index (χ3v) is 9.55. The molecular formula is C21H34O5. The van der Waals surface area contributed by atoms with E-state index in [9.17, 15) is 25.2 Å². The molecule has 4 fully saturated rings. The standard InChI is InChI=1S/C21H34O5/c1-12(22)15-6-7-16-14-5-4-13-8-11-20(23,24)21(25,26)19(13,3)17(14)9-10-18(15,16)2/h13-17,23-26H,4-11H2,1-3H3/t13-,14+,15-,16+,17+,18+,19+/m1/s1. The Balaban J connectivity index is 1.72. The number of hydrogen-bond donors (Lipinski definition) is 4. The van der Waals surface area contributed by atoms with Crippen molar-refractivity contribution in [2.45, 2.75) is 83.7 Å². The molecule has 4 rings (SSSR count). The van der Waals surface area contributed by atoms with E-state index < -0.39 is 17.0 Å². The van der Waals surface area contributed by atoms with Crippen molar-refractivity contribution >= 4 is 5.78 Å². The molecule has 26 heavy (non-hydrogen) atoms. The van der Waals surface area contributed by atoms with Gasteiger partial charge in [0.1, 0.15) is 5.78 Å². The van der Waals surface area contributed by atoms with E-state index in [2.05, 4.69) is 6.92 Å². The van der Waals surface area contributed by atoms with Crippen LogP contribution in [-0.4, -0.2) is 37.8 Å². The molecule has 0 aromatic carbocycles. The first-order chi connectivity index (χ1) is 12.0. The van der Waals surface area contributed by atoms with Crippen LogP contribution in [0.5, 0.6) is 0 Å². The summed E-state index contributed by atoms with van der Waals surface area (Å²) in [5.41, 5.74) is -0.915. The molecule has 0 amide bonds. The Labute approximate surface area is 155 Å². The number of Topliss-reactive ketones (excluding diaryl/α,β-unsaturated/α-hetero) is 1. The van der Waals surface area contributed by atoms with Crippen LogP contribution < -0.4 is 0 Å². The molecular weight excluding hydrogens is 332 g/mol. The highest BCUT2D eigenvalue weighted by atomic mass is 16.6. The van der Waals surface area contributed by atoms with E-state index in [0.29, 0.717) is 18.3 Å². The monoisotopic (exact) mass is 366 g/mol. The second-order valence-corrected chi connectivity index (χ2v) is 10.2. The third kappa shape index (κ3) is 2.09. The predicted octanol–water partition coefficient (Wildman–Crippen LogP) is 2.21. The lowest BCUT2D eigenvalue weighted by Crippen LogP contribution is -2.73. The number of carbonyl (C=O) groups is 1. The van der Waals surface area contributed by atoms with Crippen LogP contribution in [0.3, 0.4) is 0 Å². The highest BCUT2D eigenvalue weighted by Gasteiger charge is 2.71. The van der Waals surface area contributed by atoms with E-state index in [1.54, 1.807) is 6.92 Å². The number of fused-ring (bicyclic) bond motifs is 5. The maximum atomic E-state index is 12.2. The number of carbonyl (C=O) groups excluding carboxylic acids is 1. The number of rotatable bonds is 1. The Morgan fingerprint density at radius 2 is 1.54 bits per heavy atom. The van der Waals surface area contributed by atoms with Gasteiger partial charge in [0, 0.05) is 17.8 Å². The van der Waals surface area contributed by atoms with Crippen molar-refractivity contribution in [2.24, 2.45) is 40.4 Å². The Hall–Kier alpha value is -0.490. The first kappa shape index (κ1) is 18.9. The largest absolute Gasteiger partial charge is 0.361 e. The van der Waals surface area contributed by atoms with Crippen molar-refractivity contribution in [2.75, 3.05) is 0 Å². The minimum absolute atomic E-state index is 0.00516. The molecule has 0 aromatic heterocycles. The molecule has 148 valence electrons. The summed E-state index contributed by atoms with van der Waals surface area (Å²) in [5, 5.41) is 42.6. The number of hydrogen-bond acceptors (Lipinski definition) is 5. The summed E-state index contributed by atoms with van der Waals surface area (Å²) in [5.74, 6) is -3.66. The van der Waals surface area contributed by atoms with Crippen LogP contribution in [0.25, 0.3) is 0 Å². The van der Waals surface area contributed by atoms with Crippen LogP contribution in [0, 0.1) is 40.4 Å². The van der Waals surface area contributed by atoms with Crippen LogP contribution in [0.4, 0.5) is 0 Å². The SMILES string of the molecule is CC(=O)[C@H]1CC[C@H]2[C@@H]3CC[C@@H]4CCC(O)(O)C(O)(O)[C@]4(C)[C@H]3CC[C@@]12C. The molecule has 0 saturated heterocycles. The highest BCUT2D eigenvalue weighted by molar-refractivity contribution is 5.79. The number of aliphatic hydroxyl groups is 4. The normalized spacial score (nSPS) is 51.9. The van der Waals surface area contributed by atoms with Gasteiger partial charge in [-0.3, -0.25) is 4.79 Å². The van der Waals surface area contributed by atoms with Gasteiger partial charge in [0.05, 0.1) is 0 Å². The fourth-order valence-corrected chi connectivity index (χ4v) is 8.07. The lowest BCUT2D eigenvalue weighted by atomic mass is 9.42. The minimum atomic E-state index is -2.50. The van der Waals surface area contributed by atoms with E-state index in [-0.39, 0.29) is 35.4 Å². The smallest absolute Gasteiger partial charge is 0.224 e. The zero-order valence-corrected chi connectivity index (χ0v) is 16.2. The van der Waals surface area contributed by atoms with Gasteiger partial charge in [-0.15, -0.1) is 0 Å². The van der Waals surface area contributed by atoms with Crippen molar-refractivity contribution < 1.29 is 25.2 Å². The van der Waals surface area contributed by atoms with E-state index in [1.165, 1.54) is 0 Å². The minimum Gasteiger partial charge on any atom is -0.361 e. The van der Waals surface area contributed by atoms with Crippen LogP contribution in [0.1, 0.15) is 72.1 Å². The van der Waals surface area contributed by atoms with Gasteiger partial charge in [-0.05, 0) is 81.0 Å². The van der Waals surface area contributed by atoms with E-state index in [0.717, 1.165) is 38.5 Å². The molecule has 0 aromatic rings. The highest BCUT2D eigenvalue weighted by Crippen LogP contribution is 2.69. The summed E-state index contributed by atoms with van der Waals surface area (Å²) in [6.07, 6.45) is 6.27. The topological polar surface area (TPSA) is 98.0 Å². The van der Waals surface area contributed by atoms with Crippen molar-refractivity contribution in [1.82, 2.24) is 0 Å². The van der Waals surface area contributed by atoms with Crippen molar-refractivity contribution in [1.29, 1.82) is 0 Å². The molecule has 0 spiro atoms. The van der Waals surface area contributed by atoms with E-state index >= 15 is 0 Å². The summed E-state index contributed by atoms with van der Waals surface area (Å²) in [4.78, 5) is 12.2. The average Bonchev–Trinajstić information content (AvgIpc) is 2.90. The lowest BCUT2D eigenvalue weighted by Gasteiger charge is -2.65. The van der Waals surface area contributed by atoms with E-state index in [4.69, 9.17) is 0 Å². The maximum Gasteiger partial charge on any atom is 0.224 e. The quantitative estimate of drug-likeness (QED) is 0.534. The zero-order chi connectivity index (χ0) is 19.1. The average molecular weight is 366 g/mol. The van der Waals surface area contributed by atoms with Gasteiger partial charge in [-0.2, -0.15) is 0 Å². The summed E-state index contributed by atoms with van der Waals surface area (Å²) >= 11 is 0. The van der Waals surface area contributed by atoms with Gasteiger partial charge in [0.15, 0.2) is 0 Å². The van der Waals surface area contributed by atoms with Crippen molar-refractivity contribution in [3.05, 3.63) is 0 Å². The van der Waals surface area contributed by atoms with Crippen LogP contribution >= 0.6 is 0 Å². The van der Waals surface area contributed by atoms with Crippen LogP contribution in [0.15, 0.2) is 0 Å². The fraction of sp³-hybridized carbons (Fsp3) is 0.952. The molecule has 0 heterocycles. The third-order valence-electron chi connectivity index (χ3n) is 9.55. The van der Waals surface area contributed by atoms with Gasteiger partial charge in [0.25, 0.3) is 0 Å². The van der Waals surface area contributed by atoms with E-state index in [1.807, 2.05) is 6.92 Å². The first-order valence-corrected chi connectivity index (χ1v) is 10.4. The molecule has 0 radical (unpaired) electrons. The first-order valence-electron chi connectivity index (χ1n) is 10.4. The second-order valence-electron chi connectivity index (χ2n) is 10.2. The van der Waals surface area contributed by atoms with Gasteiger partial charge in [-0.25, -0.2) is 0 Å². The maximum absolute atomic E-state index is 12.2. The Bertz CT molecular complexity index is 614. The zero-order valence-electron chi connectivity index (χ0n) is 16.2. The van der Waals surface area contributed by atoms with Gasteiger partial charge < -0.3 is 20.4 Å². The van der Waals surface area contributed by atoms with Gasteiger partial charge >= 0.3 is 0 Å². The summed E-state index contributed by atoms with van der Waals surface area (Å²) in [7, 11) is 0. The van der Waals surface area contributed by atoms with Crippen LogP contribution in [0.2, 0.25) is 0 Å². The van der Waals surface area contributed by atoms with Gasteiger partial charge in [-0.1, -0.05) is 13.8 Å². The van der Waals surface area contributed by atoms with Crippen molar-refractivity contribution in [3.8, 4) is 0 Å². The summed E-state index contributed by atoms with van der Waals surface area (Å²) in [6.45, 7) is 5.84. The molecule has 4 aliphatic carbocycles. The molecule has 0 unspecified atom stereocenters. The number of ketones is 1. The Morgan fingerprint density at radius 3 is 2.19 bits per heavy atom. The molecule has 7 atom stereocenters. The molecule has 5 nitrogen and oxygen atoms in total. The summed E-state index contributed by atoms with van der Waals surface area (Å²) in [6, 6.07) is 0. The Morgan fingerprint density at radius 1 is 0.846 bits per heavy atom. The molecule has 4 aliphatic rings. The van der Waals surface area contributed by atoms with Gasteiger partial charge in [0.2, 0.25) is 11.6 Å². The molecule has 0 aliphatic heterocycles. The Kier molecular flexibility index (Phi) is 4.01. The van der Waals surface area contributed by atoms with Crippen LogP contribution in [-0.2, 0) is 4.79 Å². The molecule has 4 N–H and O–H groups in total. The molecule has 0 bridgehead atoms. The molecule has 5 heteroatoms. The lowest BCUT2D eigenvalue weighted by molar-refractivity contribution is -0.436. The second kappa shape index (κ2) is 5.53. The van der Waals surface area contributed by atoms with Crippen molar-refractivity contribution in [3.63, 3.8) is 0 Å². The summed E-state index contributed by atoms with van der Waals surface area (Å²) < 4.78 is 0. The molecule has 4 saturated carbocycles.